The molecule has 0 bridgehead atoms. The van der Waals surface area contributed by atoms with E-state index in [1.165, 1.54) is 0 Å². The van der Waals surface area contributed by atoms with Crippen LogP contribution >= 0.6 is 15.9 Å². The van der Waals surface area contributed by atoms with Crippen molar-refractivity contribution in [2.75, 3.05) is 11.4 Å². The van der Waals surface area contributed by atoms with E-state index in [4.69, 9.17) is 0 Å². The fraction of sp³-hybridized carbons (Fsp3) is 0.333. The first-order valence-corrected chi connectivity index (χ1v) is 6.42. The van der Waals surface area contributed by atoms with Gasteiger partial charge in [-0.1, -0.05) is 15.9 Å². The third-order valence-electron chi connectivity index (χ3n) is 3.16. The Morgan fingerprint density at radius 3 is 2.88 bits per heavy atom. The highest BCUT2D eigenvalue weighted by molar-refractivity contribution is 9.09. The molecule has 0 aromatic heterocycles. The average Bonchev–Trinajstić information content (AvgIpc) is 2.82. The molecule has 5 heteroatoms. The third-order valence-corrected chi connectivity index (χ3v) is 3.78. The predicted octanol–water partition coefficient (Wildman–Crippen LogP) is 1.43. The van der Waals surface area contributed by atoms with Gasteiger partial charge in [-0.2, -0.15) is 0 Å². The molecule has 0 aliphatic carbocycles. The minimum Gasteiger partial charge on any atom is -0.348 e. The van der Waals surface area contributed by atoms with Crippen molar-refractivity contribution in [3.8, 4) is 0 Å². The van der Waals surface area contributed by atoms with Gasteiger partial charge in [0.05, 0.1) is 0 Å². The monoisotopic (exact) mass is 294 g/mol. The molecule has 1 unspecified atom stereocenters. The maximum Gasteiger partial charge on any atom is 0.251 e. The minimum absolute atomic E-state index is 0.0299. The minimum atomic E-state index is -0.0299. The topological polar surface area (TPSA) is 49.4 Å². The SMILES string of the molecule is O=C1NCc2cc(N3CC(Br)CC3=O)ccc21. The summed E-state index contributed by atoms with van der Waals surface area (Å²) in [4.78, 5) is 25.2. The van der Waals surface area contributed by atoms with Crippen molar-refractivity contribution in [1.29, 1.82) is 0 Å². The summed E-state index contributed by atoms with van der Waals surface area (Å²) in [6.07, 6.45) is 0.536. The molecule has 1 atom stereocenters. The fourth-order valence-electron chi connectivity index (χ4n) is 2.30. The van der Waals surface area contributed by atoms with E-state index in [-0.39, 0.29) is 16.6 Å². The molecule has 2 heterocycles. The van der Waals surface area contributed by atoms with E-state index in [0.717, 1.165) is 16.8 Å². The van der Waals surface area contributed by atoms with Gasteiger partial charge in [-0.3, -0.25) is 9.59 Å². The van der Waals surface area contributed by atoms with Crippen LogP contribution in [0.4, 0.5) is 5.69 Å². The molecule has 0 radical (unpaired) electrons. The lowest BCUT2D eigenvalue weighted by molar-refractivity contribution is -0.117. The van der Waals surface area contributed by atoms with Gasteiger partial charge in [-0.05, 0) is 23.8 Å². The summed E-state index contributed by atoms with van der Waals surface area (Å²) in [6, 6.07) is 5.56. The van der Waals surface area contributed by atoms with E-state index >= 15 is 0 Å². The van der Waals surface area contributed by atoms with Gasteiger partial charge in [0.25, 0.3) is 5.91 Å². The number of alkyl halides is 1. The van der Waals surface area contributed by atoms with Crippen molar-refractivity contribution in [2.45, 2.75) is 17.8 Å². The second-order valence-corrected chi connectivity index (χ2v) is 5.62. The van der Waals surface area contributed by atoms with Crippen molar-refractivity contribution < 1.29 is 9.59 Å². The van der Waals surface area contributed by atoms with Crippen LogP contribution in [0.15, 0.2) is 18.2 Å². The van der Waals surface area contributed by atoms with E-state index < -0.39 is 0 Å². The number of benzene rings is 1. The smallest absolute Gasteiger partial charge is 0.251 e. The predicted molar refractivity (Wildman–Crippen MR) is 67.3 cm³/mol. The number of halogens is 1. The van der Waals surface area contributed by atoms with Crippen molar-refractivity contribution in [2.24, 2.45) is 0 Å². The standard InChI is InChI=1S/C12H11BrN2O2/c13-8-4-11(16)15(6-8)9-1-2-10-7(3-9)5-14-12(10)17/h1-3,8H,4-6H2,(H,14,17). The van der Waals surface area contributed by atoms with Crippen LogP contribution in [-0.4, -0.2) is 23.2 Å². The largest absolute Gasteiger partial charge is 0.348 e. The number of hydrogen-bond donors (Lipinski definition) is 1. The highest BCUT2D eigenvalue weighted by Gasteiger charge is 2.29. The molecule has 0 saturated carbocycles. The Hall–Kier alpha value is -1.36. The number of hydrogen-bond acceptors (Lipinski definition) is 2. The number of anilines is 1. The molecule has 17 heavy (non-hydrogen) atoms. The van der Waals surface area contributed by atoms with Crippen molar-refractivity contribution in [3.63, 3.8) is 0 Å². The summed E-state index contributed by atoms with van der Waals surface area (Å²) in [6.45, 7) is 1.25. The van der Waals surface area contributed by atoms with Crippen LogP contribution < -0.4 is 10.2 Å². The third kappa shape index (κ3) is 1.74. The molecule has 1 N–H and O–H groups in total. The Morgan fingerprint density at radius 1 is 1.35 bits per heavy atom. The first-order valence-electron chi connectivity index (χ1n) is 5.51. The van der Waals surface area contributed by atoms with E-state index in [9.17, 15) is 9.59 Å². The summed E-state index contributed by atoms with van der Waals surface area (Å²) < 4.78 is 0. The Balaban J connectivity index is 1.95. The number of carbonyl (C=O) groups is 2. The van der Waals surface area contributed by atoms with Crippen molar-refractivity contribution in [3.05, 3.63) is 29.3 Å². The summed E-state index contributed by atoms with van der Waals surface area (Å²) in [7, 11) is 0. The second-order valence-electron chi connectivity index (χ2n) is 4.33. The van der Waals surface area contributed by atoms with Crippen molar-refractivity contribution in [1.82, 2.24) is 5.32 Å². The number of carbonyl (C=O) groups excluding carboxylic acids is 2. The van der Waals surface area contributed by atoms with Crippen LogP contribution in [0.2, 0.25) is 0 Å². The molecular formula is C12H11BrN2O2. The number of rotatable bonds is 1. The Bertz CT molecular complexity index is 515. The molecule has 1 aromatic rings. The number of amides is 2. The van der Waals surface area contributed by atoms with Gasteiger partial charge < -0.3 is 10.2 Å². The van der Waals surface area contributed by atoms with E-state index in [0.29, 0.717) is 19.5 Å². The lowest BCUT2D eigenvalue weighted by Crippen LogP contribution is -2.24. The Morgan fingerprint density at radius 2 is 2.18 bits per heavy atom. The second kappa shape index (κ2) is 3.84. The molecule has 1 fully saturated rings. The van der Waals surface area contributed by atoms with E-state index in [2.05, 4.69) is 21.2 Å². The Kier molecular flexibility index (Phi) is 2.43. The van der Waals surface area contributed by atoms with Gasteiger partial charge in [0.2, 0.25) is 5.91 Å². The fourth-order valence-corrected chi connectivity index (χ4v) is 2.87. The first kappa shape index (κ1) is 10.8. The molecule has 2 amide bonds. The van der Waals surface area contributed by atoms with Gasteiger partial charge in [0, 0.05) is 35.6 Å². The average molecular weight is 295 g/mol. The quantitative estimate of drug-likeness (QED) is 0.797. The van der Waals surface area contributed by atoms with Crippen LogP contribution in [0.5, 0.6) is 0 Å². The van der Waals surface area contributed by atoms with Crippen LogP contribution in [0.25, 0.3) is 0 Å². The molecule has 88 valence electrons. The molecule has 1 saturated heterocycles. The first-order chi connectivity index (χ1) is 8.15. The van der Waals surface area contributed by atoms with Gasteiger partial charge in [0.15, 0.2) is 0 Å². The van der Waals surface area contributed by atoms with E-state index in [1.807, 2.05) is 12.1 Å². The van der Waals surface area contributed by atoms with Crippen LogP contribution in [0.1, 0.15) is 22.3 Å². The lowest BCUT2D eigenvalue weighted by atomic mass is 10.1. The molecule has 2 aliphatic heterocycles. The highest BCUT2D eigenvalue weighted by Crippen LogP contribution is 2.28. The molecule has 3 rings (SSSR count). The molecular weight excluding hydrogens is 284 g/mol. The van der Waals surface area contributed by atoms with Crippen LogP contribution in [0.3, 0.4) is 0 Å². The summed E-state index contributed by atoms with van der Waals surface area (Å²) in [5.41, 5.74) is 2.57. The molecule has 4 nitrogen and oxygen atoms in total. The maximum atomic E-state index is 11.8. The summed E-state index contributed by atoms with van der Waals surface area (Å²) in [5.74, 6) is 0.0989. The Labute approximate surface area is 107 Å². The summed E-state index contributed by atoms with van der Waals surface area (Å²) in [5, 5.41) is 2.77. The zero-order chi connectivity index (χ0) is 12.0. The normalized spacial score (nSPS) is 22.9. The number of fused-ring (bicyclic) bond motifs is 1. The van der Waals surface area contributed by atoms with Gasteiger partial charge in [0.1, 0.15) is 0 Å². The molecule has 2 aliphatic rings. The van der Waals surface area contributed by atoms with Gasteiger partial charge in [-0.15, -0.1) is 0 Å². The molecule has 1 aromatic carbocycles. The van der Waals surface area contributed by atoms with Gasteiger partial charge in [-0.25, -0.2) is 0 Å². The number of nitrogens with zero attached hydrogens (tertiary/aromatic N) is 1. The maximum absolute atomic E-state index is 11.8. The van der Waals surface area contributed by atoms with E-state index in [1.54, 1.807) is 11.0 Å². The van der Waals surface area contributed by atoms with Crippen molar-refractivity contribution >= 4 is 33.4 Å². The zero-order valence-corrected chi connectivity index (χ0v) is 10.7. The van der Waals surface area contributed by atoms with Gasteiger partial charge >= 0.3 is 0 Å². The number of nitrogens with one attached hydrogen (secondary N) is 1. The highest BCUT2D eigenvalue weighted by atomic mass is 79.9. The lowest BCUT2D eigenvalue weighted by Gasteiger charge is -2.16. The molecule has 0 spiro atoms. The van der Waals surface area contributed by atoms with Crippen LogP contribution in [-0.2, 0) is 11.3 Å². The van der Waals surface area contributed by atoms with Crippen LogP contribution in [0, 0.1) is 0 Å². The summed E-state index contributed by atoms with van der Waals surface area (Å²) >= 11 is 3.46. The zero-order valence-electron chi connectivity index (χ0n) is 9.07.